The first-order valence-electron chi connectivity index (χ1n) is 5.10. The molecule has 0 saturated heterocycles. The molecule has 0 aliphatic carbocycles. The van der Waals surface area contributed by atoms with Crippen molar-refractivity contribution in [3.8, 4) is 0 Å². The highest BCUT2D eigenvalue weighted by Gasteiger charge is 2.02. The van der Waals surface area contributed by atoms with Gasteiger partial charge in [0.05, 0.1) is 0 Å². The van der Waals surface area contributed by atoms with Gasteiger partial charge in [0.1, 0.15) is 6.61 Å². The minimum absolute atomic E-state index is 0.0802. The molecule has 1 N–H and O–H groups in total. The Kier molecular flexibility index (Phi) is 4.84. The van der Waals surface area contributed by atoms with Gasteiger partial charge in [-0.25, -0.2) is 0 Å². The molecule has 0 aliphatic heterocycles. The molecule has 3 nitrogen and oxygen atoms in total. The zero-order valence-corrected chi connectivity index (χ0v) is 9.25. The third kappa shape index (κ3) is 3.72. The Morgan fingerprint density at radius 2 is 2.00 bits per heavy atom. The summed E-state index contributed by atoms with van der Waals surface area (Å²) in [4.78, 5) is 11.2. The van der Waals surface area contributed by atoms with Gasteiger partial charge in [-0.1, -0.05) is 31.2 Å². The summed E-state index contributed by atoms with van der Waals surface area (Å²) >= 11 is 0. The van der Waals surface area contributed by atoms with Crippen molar-refractivity contribution in [1.29, 1.82) is 0 Å². The molecular weight excluding hydrogens is 190 g/mol. The van der Waals surface area contributed by atoms with Crippen molar-refractivity contribution in [2.24, 2.45) is 0 Å². The molecule has 3 heteroatoms. The molecule has 15 heavy (non-hydrogen) atoms. The summed E-state index contributed by atoms with van der Waals surface area (Å²) in [5.74, 6) is -0.0802. The zero-order valence-electron chi connectivity index (χ0n) is 9.25. The van der Waals surface area contributed by atoms with Crippen molar-refractivity contribution in [2.75, 3.05) is 13.7 Å². The Bertz CT molecular complexity index is 323. The van der Waals surface area contributed by atoms with E-state index in [-0.39, 0.29) is 12.5 Å². The lowest BCUT2D eigenvalue weighted by atomic mass is 10.1. The van der Waals surface area contributed by atoms with E-state index in [1.165, 1.54) is 18.2 Å². The molecule has 0 saturated carbocycles. The molecule has 1 rings (SSSR count). The van der Waals surface area contributed by atoms with E-state index >= 15 is 0 Å². The Hall–Kier alpha value is -1.35. The average molecular weight is 207 g/mol. The predicted molar refractivity (Wildman–Crippen MR) is 59.5 cm³/mol. The van der Waals surface area contributed by atoms with Crippen LogP contribution in [0.1, 0.15) is 18.1 Å². The standard InChI is InChI=1S/C12H17NO2/c1-3-10-6-4-5-7-11(10)8-13-12(14)9-15-2/h4-7H,3,8-9H2,1-2H3,(H,13,14). The summed E-state index contributed by atoms with van der Waals surface area (Å²) in [7, 11) is 1.51. The average Bonchev–Trinajstić information content (AvgIpc) is 2.27. The number of nitrogens with one attached hydrogen (secondary N) is 1. The van der Waals surface area contributed by atoms with Crippen molar-refractivity contribution in [2.45, 2.75) is 19.9 Å². The van der Waals surface area contributed by atoms with Crippen molar-refractivity contribution >= 4 is 5.91 Å². The van der Waals surface area contributed by atoms with Gasteiger partial charge in [-0.2, -0.15) is 0 Å². The number of carbonyl (C=O) groups is 1. The van der Waals surface area contributed by atoms with Crippen LogP contribution in [-0.2, 0) is 22.5 Å². The minimum atomic E-state index is -0.0802. The summed E-state index contributed by atoms with van der Waals surface area (Å²) in [6, 6.07) is 8.11. The van der Waals surface area contributed by atoms with Gasteiger partial charge >= 0.3 is 0 Å². The van der Waals surface area contributed by atoms with Gasteiger partial charge in [-0.15, -0.1) is 0 Å². The second kappa shape index (κ2) is 6.19. The van der Waals surface area contributed by atoms with E-state index in [1.807, 2.05) is 18.2 Å². The third-order valence-corrected chi connectivity index (χ3v) is 2.25. The number of rotatable bonds is 5. The molecule has 0 heterocycles. The Morgan fingerprint density at radius 1 is 1.33 bits per heavy atom. The highest BCUT2D eigenvalue weighted by atomic mass is 16.5. The van der Waals surface area contributed by atoms with E-state index in [4.69, 9.17) is 4.74 Å². The highest BCUT2D eigenvalue weighted by molar-refractivity contribution is 5.77. The molecule has 0 aromatic heterocycles. The number of carbonyl (C=O) groups excluding carboxylic acids is 1. The van der Waals surface area contributed by atoms with Crippen molar-refractivity contribution in [1.82, 2.24) is 5.32 Å². The lowest BCUT2D eigenvalue weighted by Crippen LogP contribution is -2.26. The third-order valence-electron chi connectivity index (χ3n) is 2.25. The van der Waals surface area contributed by atoms with Crippen LogP contribution in [0.15, 0.2) is 24.3 Å². The van der Waals surface area contributed by atoms with Crippen LogP contribution >= 0.6 is 0 Å². The van der Waals surface area contributed by atoms with Crippen LogP contribution in [0.4, 0.5) is 0 Å². The van der Waals surface area contributed by atoms with Gasteiger partial charge in [0, 0.05) is 13.7 Å². The van der Waals surface area contributed by atoms with E-state index in [0.717, 1.165) is 6.42 Å². The second-order valence-electron chi connectivity index (χ2n) is 3.33. The molecular formula is C12H17NO2. The molecule has 0 fully saturated rings. The van der Waals surface area contributed by atoms with Crippen molar-refractivity contribution in [3.63, 3.8) is 0 Å². The highest BCUT2D eigenvalue weighted by Crippen LogP contribution is 2.08. The van der Waals surface area contributed by atoms with Crippen molar-refractivity contribution < 1.29 is 9.53 Å². The summed E-state index contributed by atoms with van der Waals surface area (Å²) in [6.07, 6.45) is 0.982. The van der Waals surface area contributed by atoms with Gasteiger partial charge in [0.2, 0.25) is 5.91 Å². The van der Waals surface area contributed by atoms with Crippen LogP contribution in [-0.4, -0.2) is 19.6 Å². The first-order valence-corrected chi connectivity index (χ1v) is 5.10. The maximum Gasteiger partial charge on any atom is 0.246 e. The zero-order chi connectivity index (χ0) is 11.1. The number of methoxy groups -OCH3 is 1. The Balaban J connectivity index is 2.53. The maximum absolute atomic E-state index is 11.2. The Morgan fingerprint density at radius 3 is 2.60 bits per heavy atom. The summed E-state index contributed by atoms with van der Waals surface area (Å²) in [6.45, 7) is 2.80. The van der Waals surface area contributed by atoms with Crippen LogP contribution in [0.2, 0.25) is 0 Å². The van der Waals surface area contributed by atoms with Crippen LogP contribution in [0.5, 0.6) is 0 Å². The van der Waals surface area contributed by atoms with Crippen LogP contribution in [0, 0.1) is 0 Å². The molecule has 0 spiro atoms. The van der Waals surface area contributed by atoms with E-state index in [0.29, 0.717) is 6.54 Å². The Labute approximate surface area is 90.4 Å². The molecule has 0 unspecified atom stereocenters. The first-order chi connectivity index (χ1) is 7.27. The fourth-order valence-electron chi connectivity index (χ4n) is 1.45. The van der Waals surface area contributed by atoms with E-state index < -0.39 is 0 Å². The summed E-state index contributed by atoms with van der Waals surface area (Å²) in [5.41, 5.74) is 2.44. The fraction of sp³-hybridized carbons (Fsp3) is 0.417. The van der Waals surface area contributed by atoms with Crippen LogP contribution in [0.25, 0.3) is 0 Å². The summed E-state index contributed by atoms with van der Waals surface area (Å²) < 4.78 is 4.74. The minimum Gasteiger partial charge on any atom is -0.375 e. The van der Waals surface area contributed by atoms with Gasteiger partial charge in [0.15, 0.2) is 0 Å². The van der Waals surface area contributed by atoms with Crippen LogP contribution in [0.3, 0.4) is 0 Å². The van der Waals surface area contributed by atoms with Gasteiger partial charge in [-0.05, 0) is 17.5 Å². The molecule has 82 valence electrons. The van der Waals surface area contributed by atoms with Crippen molar-refractivity contribution in [3.05, 3.63) is 35.4 Å². The summed E-state index contributed by atoms with van der Waals surface area (Å²) in [5, 5.41) is 2.81. The number of ether oxygens (including phenoxy) is 1. The number of aryl methyl sites for hydroxylation is 1. The van der Waals surface area contributed by atoms with E-state index in [9.17, 15) is 4.79 Å². The molecule has 1 amide bonds. The number of hydrogen-bond acceptors (Lipinski definition) is 2. The molecule has 0 atom stereocenters. The van der Waals surface area contributed by atoms with Gasteiger partial charge < -0.3 is 10.1 Å². The largest absolute Gasteiger partial charge is 0.375 e. The normalized spacial score (nSPS) is 10.0. The number of benzene rings is 1. The molecule has 1 aromatic rings. The lowest BCUT2D eigenvalue weighted by molar-refractivity contribution is -0.124. The first kappa shape index (κ1) is 11.7. The quantitative estimate of drug-likeness (QED) is 0.794. The molecule has 0 bridgehead atoms. The molecule has 0 aliphatic rings. The maximum atomic E-state index is 11.2. The lowest BCUT2D eigenvalue weighted by Gasteiger charge is -2.08. The molecule has 0 radical (unpaired) electrons. The van der Waals surface area contributed by atoms with E-state index in [1.54, 1.807) is 0 Å². The van der Waals surface area contributed by atoms with Crippen LogP contribution < -0.4 is 5.32 Å². The fourth-order valence-corrected chi connectivity index (χ4v) is 1.45. The monoisotopic (exact) mass is 207 g/mol. The molecule has 1 aromatic carbocycles. The van der Waals surface area contributed by atoms with Gasteiger partial charge in [-0.3, -0.25) is 4.79 Å². The topological polar surface area (TPSA) is 38.3 Å². The van der Waals surface area contributed by atoms with E-state index in [2.05, 4.69) is 18.3 Å². The predicted octanol–water partition coefficient (Wildman–Crippen LogP) is 1.51. The SMILES string of the molecule is CCc1ccccc1CNC(=O)COC. The number of hydrogen-bond donors (Lipinski definition) is 1. The smallest absolute Gasteiger partial charge is 0.246 e. The number of amides is 1. The van der Waals surface area contributed by atoms with Gasteiger partial charge in [0.25, 0.3) is 0 Å². The second-order valence-corrected chi connectivity index (χ2v) is 3.33.